The lowest BCUT2D eigenvalue weighted by atomic mass is 9.81. The molecule has 2 aromatic rings. The van der Waals surface area contributed by atoms with Gasteiger partial charge in [-0.1, -0.05) is 12.1 Å². The summed E-state index contributed by atoms with van der Waals surface area (Å²) in [7, 11) is 1.62. The van der Waals surface area contributed by atoms with Crippen LogP contribution in [0.3, 0.4) is 0 Å². The highest BCUT2D eigenvalue weighted by Gasteiger charge is 2.40. The maximum atomic E-state index is 13.7. The Kier molecular flexibility index (Phi) is 8.63. The van der Waals surface area contributed by atoms with Crippen molar-refractivity contribution in [3.8, 4) is 0 Å². The van der Waals surface area contributed by atoms with Crippen molar-refractivity contribution in [2.24, 2.45) is 5.92 Å². The lowest BCUT2D eigenvalue weighted by molar-refractivity contribution is -0.865. The highest BCUT2D eigenvalue weighted by atomic mass is 19.4. The quantitative estimate of drug-likeness (QED) is 0.233. The van der Waals surface area contributed by atoms with Crippen molar-refractivity contribution in [3.05, 3.63) is 75.7 Å². The molecule has 4 atom stereocenters. The second kappa shape index (κ2) is 11.3. The highest BCUT2D eigenvalue weighted by molar-refractivity contribution is 5.35. The molecule has 0 amide bonds. The molecule has 0 N–H and O–H groups in total. The standard InChI is InChI=1S/C27H31F7N2O3/c1-17(20-13-21(26(29,30)31)15-22(14-20)27(32,33)34)39-25-24(18-3-5-23(28)6-4-18)19(7-12-38-25)16-35-8-10-36(2,37)11-9-35/h3-6,13-15,17,19,24-25H,7-12,16H2,1-2H3/t17-,19+,24+,25-/m1/s1. The number of likely N-dealkylation sites (N-methyl/N-ethyl adjacent to an activating group) is 1. The van der Waals surface area contributed by atoms with Crippen LogP contribution < -0.4 is 0 Å². The zero-order chi connectivity index (χ0) is 28.6. The Balaban J connectivity index is 1.61. The van der Waals surface area contributed by atoms with Crippen molar-refractivity contribution in [3.63, 3.8) is 0 Å². The smallest absolute Gasteiger partial charge is 0.416 e. The van der Waals surface area contributed by atoms with Crippen LogP contribution in [0.2, 0.25) is 0 Å². The average molecular weight is 565 g/mol. The van der Waals surface area contributed by atoms with Crippen LogP contribution in [0.4, 0.5) is 30.7 Å². The predicted molar refractivity (Wildman–Crippen MR) is 129 cm³/mol. The molecular weight excluding hydrogens is 533 g/mol. The summed E-state index contributed by atoms with van der Waals surface area (Å²) in [6.07, 6.45) is -11.5. The molecule has 0 saturated carbocycles. The molecule has 5 nitrogen and oxygen atoms in total. The molecule has 0 spiro atoms. The Morgan fingerprint density at radius 3 is 2.10 bits per heavy atom. The average Bonchev–Trinajstić information content (AvgIpc) is 2.85. The summed E-state index contributed by atoms with van der Waals surface area (Å²) in [6.45, 7) is 4.25. The summed E-state index contributed by atoms with van der Waals surface area (Å²) in [6, 6.07) is 7.11. The van der Waals surface area contributed by atoms with Crippen molar-refractivity contribution < 1.29 is 44.9 Å². The topological polar surface area (TPSA) is 44.8 Å². The highest BCUT2D eigenvalue weighted by Crippen LogP contribution is 2.42. The van der Waals surface area contributed by atoms with Crippen molar-refractivity contribution in [1.29, 1.82) is 0 Å². The normalized spacial score (nSPS) is 25.4. The molecule has 2 aliphatic rings. The lowest BCUT2D eigenvalue weighted by Crippen LogP contribution is -2.55. The number of nitrogens with zero attached hydrogens (tertiary/aromatic N) is 2. The minimum absolute atomic E-state index is 0.0721. The van der Waals surface area contributed by atoms with Gasteiger partial charge in [-0.25, -0.2) is 4.39 Å². The van der Waals surface area contributed by atoms with E-state index >= 15 is 0 Å². The Morgan fingerprint density at radius 1 is 1.00 bits per heavy atom. The number of rotatable bonds is 6. The van der Waals surface area contributed by atoms with Gasteiger partial charge in [-0.15, -0.1) is 0 Å². The minimum Gasteiger partial charge on any atom is -0.633 e. The van der Waals surface area contributed by atoms with Gasteiger partial charge in [0.25, 0.3) is 0 Å². The van der Waals surface area contributed by atoms with Gasteiger partial charge >= 0.3 is 12.4 Å². The van der Waals surface area contributed by atoms with E-state index in [0.29, 0.717) is 56.8 Å². The zero-order valence-electron chi connectivity index (χ0n) is 21.6. The number of hydrogen-bond donors (Lipinski definition) is 0. The summed E-state index contributed by atoms with van der Waals surface area (Å²) in [4.78, 5) is 2.16. The molecule has 0 aromatic heterocycles. The van der Waals surface area contributed by atoms with Gasteiger partial charge in [-0.2, -0.15) is 26.3 Å². The predicted octanol–water partition coefficient (Wildman–Crippen LogP) is 6.35. The van der Waals surface area contributed by atoms with E-state index in [9.17, 15) is 35.9 Å². The molecule has 2 heterocycles. The Hall–Kier alpha value is -2.25. The molecule has 0 aliphatic carbocycles. The molecule has 216 valence electrons. The molecular formula is C27H31F7N2O3. The van der Waals surface area contributed by atoms with Gasteiger partial charge in [-0.3, -0.25) is 4.90 Å². The zero-order valence-corrected chi connectivity index (χ0v) is 21.6. The van der Waals surface area contributed by atoms with Gasteiger partial charge in [0.05, 0.1) is 44.0 Å². The van der Waals surface area contributed by atoms with E-state index in [4.69, 9.17) is 9.47 Å². The Bertz CT molecular complexity index is 1080. The van der Waals surface area contributed by atoms with Gasteiger partial charge in [0.15, 0.2) is 6.29 Å². The van der Waals surface area contributed by atoms with Gasteiger partial charge in [-0.05, 0) is 60.7 Å². The maximum Gasteiger partial charge on any atom is 0.416 e. The third-order valence-corrected chi connectivity index (χ3v) is 7.52. The second-order valence-corrected chi connectivity index (χ2v) is 10.5. The van der Waals surface area contributed by atoms with E-state index in [2.05, 4.69) is 4.90 Å². The number of alkyl halides is 6. The first-order valence-electron chi connectivity index (χ1n) is 12.7. The SMILES string of the molecule is C[C@@H](O[C@H]1OCC[C@@H](CN2CC[N+](C)([O-])CC2)[C@@H]1c1ccc(F)cc1)c1cc(C(F)(F)F)cc(C(F)(F)F)c1. The van der Waals surface area contributed by atoms with E-state index in [1.807, 2.05) is 0 Å². The second-order valence-electron chi connectivity index (χ2n) is 10.5. The van der Waals surface area contributed by atoms with E-state index in [1.54, 1.807) is 19.2 Å². The first-order chi connectivity index (χ1) is 18.1. The van der Waals surface area contributed by atoms with Crippen molar-refractivity contribution >= 4 is 0 Å². The van der Waals surface area contributed by atoms with Crippen LogP contribution in [-0.2, 0) is 21.8 Å². The number of ether oxygens (including phenoxy) is 2. The Morgan fingerprint density at radius 2 is 1.56 bits per heavy atom. The van der Waals surface area contributed by atoms with Gasteiger partial charge in [0.2, 0.25) is 0 Å². The fourth-order valence-corrected chi connectivity index (χ4v) is 5.22. The molecule has 0 bridgehead atoms. The van der Waals surface area contributed by atoms with E-state index in [-0.39, 0.29) is 28.8 Å². The maximum absolute atomic E-state index is 13.7. The molecule has 2 saturated heterocycles. The van der Waals surface area contributed by atoms with Crippen LogP contribution in [0.25, 0.3) is 0 Å². The first-order valence-corrected chi connectivity index (χ1v) is 12.7. The van der Waals surface area contributed by atoms with Crippen LogP contribution in [0.15, 0.2) is 42.5 Å². The van der Waals surface area contributed by atoms with Gasteiger partial charge in [0, 0.05) is 25.6 Å². The van der Waals surface area contributed by atoms with E-state index in [1.165, 1.54) is 19.1 Å². The van der Waals surface area contributed by atoms with Crippen LogP contribution in [0.5, 0.6) is 0 Å². The summed E-state index contributed by atoms with van der Waals surface area (Å²) >= 11 is 0. The van der Waals surface area contributed by atoms with Crippen LogP contribution in [0.1, 0.15) is 47.6 Å². The number of benzene rings is 2. The number of quaternary nitrogens is 1. The molecule has 0 unspecified atom stereocenters. The summed E-state index contributed by atoms with van der Waals surface area (Å²) in [5.41, 5.74) is -2.45. The molecule has 2 aromatic carbocycles. The summed E-state index contributed by atoms with van der Waals surface area (Å²) < 4.78 is 106. The monoisotopic (exact) mass is 564 g/mol. The number of hydrogen-bond acceptors (Lipinski definition) is 4. The third-order valence-electron chi connectivity index (χ3n) is 7.52. The fourth-order valence-electron chi connectivity index (χ4n) is 5.22. The minimum atomic E-state index is -4.98. The Labute approximate surface area is 222 Å². The van der Waals surface area contributed by atoms with Gasteiger partial charge in [0.1, 0.15) is 5.82 Å². The number of halogens is 7. The first kappa shape index (κ1) is 29.7. The number of hydroxylamine groups is 3. The third kappa shape index (κ3) is 7.49. The van der Waals surface area contributed by atoms with Crippen molar-refractivity contribution in [2.45, 2.75) is 44.0 Å². The number of piperazine rings is 1. The molecule has 12 heteroatoms. The molecule has 4 rings (SSSR count). The molecule has 2 aliphatic heterocycles. The van der Waals surface area contributed by atoms with Crippen LogP contribution in [0, 0.1) is 16.9 Å². The largest absolute Gasteiger partial charge is 0.633 e. The van der Waals surface area contributed by atoms with Crippen molar-refractivity contribution in [2.75, 3.05) is 46.4 Å². The lowest BCUT2D eigenvalue weighted by Gasteiger charge is -2.47. The molecule has 2 fully saturated rings. The van der Waals surface area contributed by atoms with E-state index in [0.717, 1.165) is 0 Å². The summed E-state index contributed by atoms with van der Waals surface area (Å²) in [5, 5.41) is 12.3. The summed E-state index contributed by atoms with van der Waals surface area (Å²) in [5.74, 6) is -0.994. The van der Waals surface area contributed by atoms with Gasteiger partial charge < -0.3 is 19.3 Å². The molecule has 0 radical (unpaired) electrons. The van der Waals surface area contributed by atoms with E-state index < -0.39 is 47.6 Å². The van der Waals surface area contributed by atoms with Crippen LogP contribution >= 0.6 is 0 Å². The molecule has 39 heavy (non-hydrogen) atoms. The van der Waals surface area contributed by atoms with Crippen LogP contribution in [-0.4, -0.2) is 62.2 Å². The fraction of sp³-hybridized carbons (Fsp3) is 0.556. The van der Waals surface area contributed by atoms with Crippen molar-refractivity contribution in [1.82, 2.24) is 4.90 Å².